The predicted octanol–water partition coefficient (Wildman–Crippen LogP) is 20.5. The van der Waals surface area contributed by atoms with E-state index in [1.165, 1.54) is 173 Å². The summed E-state index contributed by atoms with van der Waals surface area (Å²) in [5, 5.41) is 10.6. The number of phosphoric ester groups is 2. The summed E-state index contributed by atoms with van der Waals surface area (Å²) in [6.45, 7) is 7.21. The smallest absolute Gasteiger partial charge is 0.462 e. The molecule has 0 aliphatic rings. The summed E-state index contributed by atoms with van der Waals surface area (Å²) in [5.74, 6) is -1.33. The summed E-state index contributed by atoms with van der Waals surface area (Å²) in [4.78, 5) is 72.3. The SMILES string of the molecule is CCCCCCCCCCCCCCCCCCCCC(=O)O[C@H](COC(=O)CCCCCCCCCCCCCCCCC(C)C)COP(=O)(O)OC[C@@H](O)COP(=O)(O)OC[C@@H](COC(=O)CCCCCCCCC)OC(=O)CCCCCCCCCC. The minimum Gasteiger partial charge on any atom is -0.462 e. The van der Waals surface area contributed by atoms with Gasteiger partial charge in [-0.05, 0) is 31.6 Å². The lowest BCUT2D eigenvalue weighted by Gasteiger charge is -2.21. The van der Waals surface area contributed by atoms with Gasteiger partial charge < -0.3 is 33.8 Å². The summed E-state index contributed by atoms with van der Waals surface area (Å²) < 4.78 is 68.1. The summed E-state index contributed by atoms with van der Waals surface area (Å²) in [6, 6.07) is 0. The maximum Gasteiger partial charge on any atom is 0.472 e. The van der Waals surface area contributed by atoms with E-state index in [1.54, 1.807) is 0 Å². The van der Waals surface area contributed by atoms with Crippen molar-refractivity contribution in [3.05, 3.63) is 0 Å². The quantitative estimate of drug-likeness (QED) is 0.0222. The molecule has 0 aliphatic carbocycles. The Hall–Kier alpha value is -1.94. The Morgan fingerprint density at radius 2 is 0.511 bits per heavy atom. The Morgan fingerprint density at radius 1 is 0.300 bits per heavy atom. The van der Waals surface area contributed by atoms with Crippen molar-refractivity contribution in [1.82, 2.24) is 0 Å². The first-order chi connectivity index (χ1) is 43.5. The molecule has 0 aliphatic heterocycles. The van der Waals surface area contributed by atoms with Crippen LogP contribution in [-0.4, -0.2) is 96.7 Å². The molecule has 0 fully saturated rings. The summed E-state index contributed by atoms with van der Waals surface area (Å²) in [6.07, 6.45) is 51.6. The Balaban J connectivity index is 5.15. The number of ether oxygens (including phenoxy) is 4. The van der Waals surface area contributed by atoms with Crippen molar-refractivity contribution in [2.24, 2.45) is 5.92 Å². The van der Waals surface area contributed by atoms with E-state index in [-0.39, 0.29) is 25.7 Å². The third kappa shape index (κ3) is 64.8. The number of rotatable bonds is 71. The Labute approximate surface area is 549 Å². The first-order valence-electron chi connectivity index (χ1n) is 37.1. The molecule has 0 aromatic heterocycles. The predicted molar refractivity (Wildman–Crippen MR) is 363 cm³/mol. The number of carbonyl (C=O) groups is 4. The van der Waals surface area contributed by atoms with Crippen LogP contribution >= 0.6 is 15.6 Å². The minimum absolute atomic E-state index is 0.105. The Kier molecular flexibility index (Phi) is 63.0. The van der Waals surface area contributed by atoms with Crippen molar-refractivity contribution >= 4 is 39.5 Å². The van der Waals surface area contributed by atoms with Crippen LogP contribution in [0.25, 0.3) is 0 Å². The standard InChI is InChI=1S/C71H138O17P2/c1-6-9-12-15-18-20-21-22-23-24-25-26-31-34-37-42-47-52-57-71(76)88-67(61-82-69(74)55-50-45-41-36-33-30-28-27-29-32-35-39-43-48-53-64(4)5)63-86-90(79,80)84-59-65(72)58-83-89(77,78)85-62-66(60-81-68(73)54-49-44-38-17-14-11-8-3)87-70(75)56-51-46-40-19-16-13-10-7-2/h64-67,72H,6-63H2,1-5H3,(H,77,78)(H,79,80)/t65-,66+,67+/m0/s1. The lowest BCUT2D eigenvalue weighted by atomic mass is 10.0. The number of hydrogen-bond acceptors (Lipinski definition) is 15. The van der Waals surface area contributed by atoms with E-state index in [9.17, 15) is 43.2 Å². The van der Waals surface area contributed by atoms with Crippen LogP contribution in [0.5, 0.6) is 0 Å². The van der Waals surface area contributed by atoms with Gasteiger partial charge in [-0.25, -0.2) is 9.13 Å². The lowest BCUT2D eigenvalue weighted by molar-refractivity contribution is -0.161. The van der Waals surface area contributed by atoms with Gasteiger partial charge in [0, 0.05) is 25.7 Å². The van der Waals surface area contributed by atoms with Gasteiger partial charge in [0.15, 0.2) is 12.2 Å². The fraction of sp³-hybridized carbons (Fsp3) is 0.944. The van der Waals surface area contributed by atoms with Crippen LogP contribution in [0.4, 0.5) is 0 Å². The molecule has 0 rings (SSSR count). The van der Waals surface area contributed by atoms with Crippen LogP contribution in [-0.2, 0) is 65.4 Å². The highest BCUT2D eigenvalue weighted by Crippen LogP contribution is 2.45. The molecule has 0 saturated carbocycles. The van der Waals surface area contributed by atoms with Crippen molar-refractivity contribution < 1.29 is 80.2 Å². The van der Waals surface area contributed by atoms with E-state index in [0.717, 1.165) is 115 Å². The van der Waals surface area contributed by atoms with Gasteiger partial charge in [0.2, 0.25) is 0 Å². The molecule has 2 unspecified atom stereocenters. The second-order valence-electron chi connectivity index (χ2n) is 26.1. The zero-order valence-electron chi connectivity index (χ0n) is 58.3. The van der Waals surface area contributed by atoms with E-state index < -0.39 is 97.5 Å². The highest BCUT2D eigenvalue weighted by Gasteiger charge is 2.30. The van der Waals surface area contributed by atoms with Gasteiger partial charge >= 0.3 is 39.5 Å². The number of carbonyl (C=O) groups excluding carboxylic acids is 4. The number of phosphoric acid groups is 2. The molecule has 0 spiro atoms. The average Bonchev–Trinajstić information content (AvgIpc) is 3.72. The third-order valence-corrected chi connectivity index (χ3v) is 18.4. The van der Waals surface area contributed by atoms with Crippen LogP contribution in [0.1, 0.15) is 369 Å². The van der Waals surface area contributed by atoms with E-state index in [4.69, 9.17) is 37.0 Å². The van der Waals surface area contributed by atoms with Crippen molar-refractivity contribution in [3.63, 3.8) is 0 Å². The Morgan fingerprint density at radius 3 is 0.756 bits per heavy atom. The van der Waals surface area contributed by atoms with Crippen LogP contribution in [0.15, 0.2) is 0 Å². The number of hydrogen-bond donors (Lipinski definition) is 3. The molecule has 17 nitrogen and oxygen atoms in total. The molecular formula is C71H138O17P2. The highest BCUT2D eigenvalue weighted by atomic mass is 31.2. The van der Waals surface area contributed by atoms with Gasteiger partial charge in [0.1, 0.15) is 19.3 Å². The normalized spacial score (nSPS) is 14.1. The fourth-order valence-corrected chi connectivity index (χ4v) is 12.4. The third-order valence-electron chi connectivity index (χ3n) is 16.5. The van der Waals surface area contributed by atoms with Crippen LogP contribution in [0.3, 0.4) is 0 Å². The monoisotopic (exact) mass is 1320 g/mol. The van der Waals surface area contributed by atoms with Gasteiger partial charge in [-0.1, -0.05) is 317 Å². The minimum atomic E-state index is -4.95. The molecule has 534 valence electrons. The molecule has 0 radical (unpaired) electrons. The van der Waals surface area contributed by atoms with Crippen LogP contribution in [0, 0.1) is 5.92 Å². The summed E-state index contributed by atoms with van der Waals surface area (Å²) >= 11 is 0. The maximum atomic E-state index is 13.0. The first kappa shape index (κ1) is 88.1. The van der Waals surface area contributed by atoms with Crippen molar-refractivity contribution in [1.29, 1.82) is 0 Å². The highest BCUT2D eigenvalue weighted by molar-refractivity contribution is 7.47. The number of esters is 4. The maximum absolute atomic E-state index is 13.0. The molecule has 0 saturated heterocycles. The molecule has 0 bridgehead atoms. The van der Waals surface area contributed by atoms with Crippen molar-refractivity contribution in [3.8, 4) is 0 Å². The first-order valence-corrected chi connectivity index (χ1v) is 40.1. The lowest BCUT2D eigenvalue weighted by Crippen LogP contribution is -2.30. The van der Waals surface area contributed by atoms with Gasteiger partial charge in [0.05, 0.1) is 26.4 Å². The van der Waals surface area contributed by atoms with Gasteiger partial charge in [0.25, 0.3) is 0 Å². The molecular weight excluding hydrogens is 1190 g/mol. The molecule has 3 N–H and O–H groups in total. The van der Waals surface area contributed by atoms with Gasteiger partial charge in [-0.3, -0.25) is 37.3 Å². The molecule has 0 aromatic rings. The van der Waals surface area contributed by atoms with E-state index in [0.29, 0.717) is 25.7 Å². The molecule has 0 heterocycles. The summed E-state index contributed by atoms with van der Waals surface area (Å²) in [7, 11) is -9.89. The van der Waals surface area contributed by atoms with E-state index in [2.05, 4.69) is 34.6 Å². The van der Waals surface area contributed by atoms with E-state index >= 15 is 0 Å². The zero-order chi connectivity index (χ0) is 66.3. The van der Waals surface area contributed by atoms with Crippen LogP contribution in [0.2, 0.25) is 0 Å². The topological polar surface area (TPSA) is 237 Å². The van der Waals surface area contributed by atoms with Gasteiger partial charge in [-0.2, -0.15) is 0 Å². The molecule has 90 heavy (non-hydrogen) atoms. The fourth-order valence-electron chi connectivity index (χ4n) is 10.8. The largest absolute Gasteiger partial charge is 0.472 e. The number of aliphatic hydroxyl groups is 1. The average molecular weight is 1330 g/mol. The second kappa shape index (κ2) is 64.4. The van der Waals surface area contributed by atoms with Crippen molar-refractivity contribution in [2.45, 2.75) is 387 Å². The molecule has 0 amide bonds. The number of aliphatic hydroxyl groups excluding tert-OH is 1. The van der Waals surface area contributed by atoms with Crippen molar-refractivity contribution in [2.75, 3.05) is 39.6 Å². The molecule has 5 atom stereocenters. The molecule has 0 aromatic carbocycles. The summed E-state index contributed by atoms with van der Waals surface area (Å²) in [5.41, 5.74) is 0. The zero-order valence-corrected chi connectivity index (χ0v) is 60.1. The van der Waals surface area contributed by atoms with E-state index in [1.807, 2.05) is 0 Å². The van der Waals surface area contributed by atoms with Crippen LogP contribution < -0.4 is 0 Å². The van der Waals surface area contributed by atoms with Gasteiger partial charge in [-0.15, -0.1) is 0 Å². The number of unbranched alkanes of at least 4 members (excludes halogenated alkanes) is 43. The Bertz CT molecular complexity index is 1740. The molecule has 19 heteroatoms. The second-order valence-corrected chi connectivity index (χ2v) is 29.0.